The van der Waals surface area contributed by atoms with E-state index in [0.29, 0.717) is 51.3 Å². The minimum Gasteiger partial charge on any atom is -0.508 e. The van der Waals surface area contributed by atoms with Crippen molar-refractivity contribution in [3.05, 3.63) is 124 Å². The Bertz CT molecular complexity index is 1920. The van der Waals surface area contributed by atoms with E-state index in [4.69, 9.17) is 4.74 Å². The number of hydrogen-bond donors (Lipinski definition) is 1. The normalized spacial score (nSPS) is 24.1. The third-order valence-electron chi connectivity index (χ3n) is 9.51. The Morgan fingerprint density at radius 3 is 2.31 bits per heavy atom. The van der Waals surface area contributed by atoms with Gasteiger partial charge in [0, 0.05) is 45.4 Å². The zero-order valence-corrected chi connectivity index (χ0v) is 24.7. The second-order valence-corrected chi connectivity index (χ2v) is 11.9. The van der Waals surface area contributed by atoms with Crippen LogP contribution in [0.3, 0.4) is 0 Å². The molecule has 0 aromatic heterocycles. The SMILES string of the molecule is COc1cc(O)ccc1C1C2=CCC3C(=O)N(c4ccc(C(=O)c5ccccc5)cc4)C(=O)C3C2CC2=C1C(=O)C=C(C)C2=O. The first-order chi connectivity index (χ1) is 21.7. The van der Waals surface area contributed by atoms with Gasteiger partial charge in [-0.05, 0) is 62.1 Å². The number of aromatic hydroxyl groups is 1. The van der Waals surface area contributed by atoms with Crippen molar-refractivity contribution in [2.45, 2.75) is 25.7 Å². The molecule has 1 fully saturated rings. The number of benzene rings is 3. The average molecular weight is 600 g/mol. The van der Waals surface area contributed by atoms with Crippen molar-refractivity contribution < 1.29 is 33.8 Å². The van der Waals surface area contributed by atoms with Crippen LogP contribution in [-0.2, 0) is 19.2 Å². The Morgan fingerprint density at radius 1 is 0.889 bits per heavy atom. The summed E-state index contributed by atoms with van der Waals surface area (Å²) < 4.78 is 5.60. The number of carbonyl (C=O) groups excluding carboxylic acids is 5. The number of carbonyl (C=O) groups is 5. The van der Waals surface area contributed by atoms with Gasteiger partial charge in [-0.2, -0.15) is 0 Å². The zero-order valence-electron chi connectivity index (χ0n) is 24.7. The summed E-state index contributed by atoms with van der Waals surface area (Å²) in [5, 5.41) is 10.1. The molecule has 3 aromatic rings. The van der Waals surface area contributed by atoms with E-state index in [0.717, 1.165) is 5.57 Å². The molecule has 3 aliphatic carbocycles. The van der Waals surface area contributed by atoms with Crippen molar-refractivity contribution in [1.82, 2.24) is 0 Å². The van der Waals surface area contributed by atoms with Crippen LogP contribution >= 0.6 is 0 Å². The van der Waals surface area contributed by atoms with Crippen molar-refractivity contribution in [1.29, 1.82) is 0 Å². The number of ketones is 3. The molecular formula is C37H29NO7. The van der Waals surface area contributed by atoms with Crippen molar-refractivity contribution in [2.24, 2.45) is 17.8 Å². The van der Waals surface area contributed by atoms with Gasteiger partial charge < -0.3 is 9.84 Å². The van der Waals surface area contributed by atoms with Crippen LogP contribution in [0.4, 0.5) is 5.69 Å². The lowest BCUT2D eigenvalue weighted by molar-refractivity contribution is -0.123. The van der Waals surface area contributed by atoms with Crippen LogP contribution in [0.5, 0.6) is 11.5 Å². The fourth-order valence-electron chi connectivity index (χ4n) is 7.45. The van der Waals surface area contributed by atoms with E-state index >= 15 is 0 Å². The van der Waals surface area contributed by atoms with Crippen LogP contribution < -0.4 is 9.64 Å². The van der Waals surface area contributed by atoms with Gasteiger partial charge in [0.25, 0.3) is 0 Å². The number of imide groups is 1. The molecule has 1 N–H and O–H groups in total. The Labute approximate surface area is 259 Å². The van der Waals surface area contributed by atoms with Crippen LogP contribution in [0.2, 0.25) is 0 Å². The number of phenols is 1. The maximum Gasteiger partial charge on any atom is 0.238 e. The summed E-state index contributed by atoms with van der Waals surface area (Å²) >= 11 is 0. The number of nitrogens with zero attached hydrogens (tertiary/aromatic N) is 1. The fourth-order valence-corrected chi connectivity index (χ4v) is 7.45. The first-order valence-electron chi connectivity index (χ1n) is 14.8. The number of methoxy groups -OCH3 is 1. The fraction of sp³-hybridized carbons (Fsp3) is 0.216. The Balaban J connectivity index is 1.27. The molecule has 8 heteroatoms. The van der Waals surface area contributed by atoms with E-state index in [9.17, 15) is 29.1 Å². The highest BCUT2D eigenvalue weighted by atomic mass is 16.5. The standard InChI is InChI=1S/C37H29NO7/c1-19-16-29(40)33-28(34(19)41)18-27-24(31(33)25-13-12-23(39)17-30(25)45-2)14-15-26-32(27)37(44)38(36(26)43)22-10-8-21(9-11-22)35(42)20-6-4-3-5-7-20/h3-14,16-17,26-27,31-32,39H,15,18H2,1-2H3. The molecule has 8 nitrogen and oxygen atoms in total. The van der Waals surface area contributed by atoms with Gasteiger partial charge in [0.15, 0.2) is 17.3 Å². The van der Waals surface area contributed by atoms with Crippen molar-refractivity contribution in [2.75, 3.05) is 12.0 Å². The quantitative estimate of drug-likeness (QED) is 0.184. The number of phenolic OH excluding ortho intramolecular Hbond substituents is 1. The number of rotatable bonds is 5. The predicted octanol–water partition coefficient (Wildman–Crippen LogP) is 5.27. The number of ether oxygens (including phenoxy) is 1. The van der Waals surface area contributed by atoms with E-state index < -0.39 is 23.7 Å². The summed E-state index contributed by atoms with van der Waals surface area (Å²) in [5.74, 6) is -3.61. The largest absolute Gasteiger partial charge is 0.508 e. The molecule has 4 aliphatic rings. The van der Waals surface area contributed by atoms with Gasteiger partial charge in [0.1, 0.15) is 11.5 Å². The number of Topliss-reactive ketones (excluding diaryl/α,β-unsaturated/α-hetero) is 1. The molecule has 2 amide bonds. The van der Waals surface area contributed by atoms with E-state index in [1.807, 2.05) is 12.1 Å². The molecule has 45 heavy (non-hydrogen) atoms. The molecule has 0 radical (unpaired) electrons. The van der Waals surface area contributed by atoms with E-state index in [1.54, 1.807) is 61.5 Å². The lowest BCUT2D eigenvalue weighted by Gasteiger charge is -2.42. The van der Waals surface area contributed by atoms with Gasteiger partial charge in [-0.25, -0.2) is 0 Å². The maximum atomic E-state index is 14.2. The topological polar surface area (TPSA) is 118 Å². The smallest absolute Gasteiger partial charge is 0.238 e. The highest BCUT2D eigenvalue weighted by Crippen LogP contribution is 2.56. The Hall–Kier alpha value is -5.37. The number of hydrogen-bond acceptors (Lipinski definition) is 7. The molecule has 1 heterocycles. The molecule has 0 saturated carbocycles. The minimum absolute atomic E-state index is 0.0136. The molecule has 0 spiro atoms. The summed E-state index contributed by atoms with van der Waals surface area (Å²) in [5.41, 5.74) is 3.77. The highest BCUT2D eigenvalue weighted by molar-refractivity contribution is 6.25. The molecule has 7 rings (SSSR count). The lowest BCUT2D eigenvalue weighted by Crippen LogP contribution is -2.39. The molecule has 1 aliphatic heterocycles. The summed E-state index contributed by atoms with van der Waals surface area (Å²) in [6, 6.07) is 19.9. The second kappa shape index (κ2) is 10.7. The molecule has 4 unspecified atom stereocenters. The number of allylic oxidation sites excluding steroid dienone is 6. The number of fused-ring (bicyclic) bond motifs is 3. The third kappa shape index (κ3) is 4.39. The molecule has 0 bridgehead atoms. The molecular weight excluding hydrogens is 570 g/mol. The monoisotopic (exact) mass is 599 g/mol. The third-order valence-corrected chi connectivity index (χ3v) is 9.51. The average Bonchev–Trinajstić information content (AvgIpc) is 3.32. The summed E-state index contributed by atoms with van der Waals surface area (Å²) in [6.07, 6.45) is 3.74. The van der Waals surface area contributed by atoms with E-state index in [1.165, 1.54) is 30.2 Å². The second-order valence-electron chi connectivity index (χ2n) is 11.9. The van der Waals surface area contributed by atoms with Crippen LogP contribution in [0, 0.1) is 17.8 Å². The minimum atomic E-state index is -0.739. The van der Waals surface area contributed by atoms with Crippen molar-refractivity contribution >= 4 is 34.9 Å². The van der Waals surface area contributed by atoms with Gasteiger partial charge in [0.05, 0.1) is 24.6 Å². The van der Waals surface area contributed by atoms with Gasteiger partial charge >= 0.3 is 0 Å². The van der Waals surface area contributed by atoms with Crippen LogP contribution in [-0.4, -0.2) is 41.4 Å². The van der Waals surface area contributed by atoms with Crippen molar-refractivity contribution in [3.63, 3.8) is 0 Å². The Morgan fingerprint density at radius 2 is 1.60 bits per heavy atom. The maximum absolute atomic E-state index is 14.2. The number of amides is 2. The van der Waals surface area contributed by atoms with E-state index in [2.05, 4.69) is 0 Å². The van der Waals surface area contributed by atoms with Gasteiger partial charge in [0.2, 0.25) is 11.8 Å². The van der Waals surface area contributed by atoms with Gasteiger partial charge in [-0.3, -0.25) is 28.9 Å². The molecule has 4 atom stereocenters. The summed E-state index contributed by atoms with van der Waals surface area (Å²) in [6.45, 7) is 1.60. The van der Waals surface area contributed by atoms with Crippen LogP contribution in [0.25, 0.3) is 0 Å². The zero-order chi connectivity index (χ0) is 31.6. The van der Waals surface area contributed by atoms with Gasteiger partial charge in [-0.15, -0.1) is 0 Å². The van der Waals surface area contributed by atoms with Crippen LogP contribution in [0.1, 0.15) is 47.2 Å². The molecule has 224 valence electrons. The summed E-state index contributed by atoms with van der Waals surface area (Å²) in [7, 11) is 1.47. The van der Waals surface area contributed by atoms with E-state index in [-0.39, 0.29) is 41.3 Å². The first-order valence-corrected chi connectivity index (χ1v) is 14.8. The lowest BCUT2D eigenvalue weighted by atomic mass is 9.59. The first kappa shape index (κ1) is 28.4. The Kier molecular flexibility index (Phi) is 6.73. The molecule has 3 aromatic carbocycles. The van der Waals surface area contributed by atoms with Gasteiger partial charge in [-0.1, -0.05) is 48.0 Å². The van der Waals surface area contributed by atoms with Crippen LogP contribution in [0.15, 0.2) is 107 Å². The highest BCUT2D eigenvalue weighted by Gasteiger charge is 2.56. The number of anilines is 1. The predicted molar refractivity (Wildman–Crippen MR) is 165 cm³/mol. The molecule has 1 saturated heterocycles. The van der Waals surface area contributed by atoms with Crippen molar-refractivity contribution in [3.8, 4) is 11.5 Å². The summed E-state index contributed by atoms with van der Waals surface area (Å²) in [4.78, 5) is 69.2.